The molecule has 0 saturated carbocycles. The summed E-state index contributed by atoms with van der Waals surface area (Å²) in [5.41, 5.74) is -0.833. The molecule has 1 aromatic rings. The topological polar surface area (TPSA) is 74.4 Å². The van der Waals surface area contributed by atoms with Crippen LogP contribution in [0, 0.1) is 0 Å². The van der Waals surface area contributed by atoms with Gasteiger partial charge in [-0.1, -0.05) is 31.5 Å². The van der Waals surface area contributed by atoms with E-state index in [0.29, 0.717) is 13.2 Å². The fraction of sp³-hybridized carbons (Fsp3) is 0.625. The van der Waals surface area contributed by atoms with Crippen molar-refractivity contribution in [1.29, 1.82) is 0 Å². The Bertz CT molecular complexity index is 559. The Morgan fingerprint density at radius 1 is 1.22 bits per heavy atom. The second kappa shape index (κ2) is 8.75. The van der Waals surface area contributed by atoms with E-state index < -0.39 is 21.4 Å². The van der Waals surface area contributed by atoms with E-state index in [1.165, 1.54) is 0 Å². The summed E-state index contributed by atoms with van der Waals surface area (Å²) in [5.74, 6) is 0. The average Bonchev–Trinajstić information content (AvgIpc) is 3.36. The van der Waals surface area contributed by atoms with Gasteiger partial charge < -0.3 is 18.9 Å². The van der Waals surface area contributed by atoms with Gasteiger partial charge in [-0.15, -0.1) is 0 Å². The van der Waals surface area contributed by atoms with E-state index in [4.69, 9.17) is 18.9 Å². The molecule has 1 heterocycles. The molecule has 1 aromatic carbocycles. The molecule has 0 aliphatic carbocycles. The first-order valence-electron chi connectivity index (χ1n) is 7.74. The van der Waals surface area contributed by atoms with Gasteiger partial charge in [-0.3, -0.25) is 0 Å². The second-order valence-electron chi connectivity index (χ2n) is 5.34. The molecule has 0 amide bonds. The number of benzene rings is 1. The summed E-state index contributed by atoms with van der Waals surface area (Å²) in [6.45, 7) is 3.05. The molecule has 0 bridgehead atoms. The van der Waals surface area contributed by atoms with Crippen LogP contribution in [0.4, 0.5) is 0 Å². The Hall–Kier alpha value is -0.990. The number of sulfone groups is 1. The monoisotopic (exact) mass is 344 g/mol. The van der Waals surface area contributed by atoms with Crippen molar-refractivity contribution in [2.45, 2.75) is 42.3 Å². The van der Waals surface area contributed by atoms with E-state index in [-0.39, 0.29) is 17.8 Å². The van der Waals surface area contributed by atoms with Gasteiger partial charge in [0.25, 0.3) is 0 Å². The second-order valence-corrected chi connectivity index (χ2v) is 7.37. The maximum atomic E-state index is 12.5. The molecule has 23 heavy (non-hydrogen) atoms. The zero-order valence-corrected chi connectivity index (χ0v) is 14.3. The van der Waals surface area contributed by atoms with Crippen molar-refractivity contribution >= 4 is 9.84 Å². The third-order valence-electron chi connectivity index (χ3n) is 3.60. The van der Waals surface area contributed by atoms with Crippen LogP contribution < -0.4 is 0 Å². The maximum absolute atomic E-state index is 12.5. The van der Waals surface area contributed by atoms with E-state index >= 15 is 0 Å². The zero-order valence-electron chi connectivity index (χ0n) is 13.5. The van der Waals surface area contributed by atoms with Crippen molar-refractivity contribution in [3.05, 3.63) is 30.3 Å². The first kappa shape index (κ1) is 18.4. The van der Waals surface area contributed by atoms with Gasteiger partial charge in [0.1, 0.15) is 12.9 Å². The van der Waals surface area contributed by atoms with Crippen molar-refractivity contribution in [3.63, 3.8) is 0 Å². The number of hydrogen-bond acceptors (Lipinski definition) is 6. The van der Waals surface area contributed by atoms with E-state index in [0.717, 1.165) is 12.8 Å². The highest BCUT2D eigenvalue weighted by atomic mass is 32.2. The summed E-state index contributed by atoms with van der Waals surface area (Å²) in [7, 11) is -1.88. The van der Waals surface area contributed by atoms with Crippen LogP contribution in [0.3, 0.4) is 0 Å². The third-order valence-corrected chi connectivity index (χ3v) is 5.52. The fourth-order valence-electron chi connectivity index (χ4n) is 2.33. The van der Waals surface area contributed by atoms with Crippen LogP contribution in [0.1, 0.15) is 19.8 Å². The number of epoxide rings is 1. The van der Waals surface area contributed by atoms with Gasteiger partial charge in [0, 0.05) is 7.11 Å². The number of rotatable bonds is 11. The highest BCUT2D eigenvalue weighted by Crippen LogP contribution is 2.37. The summed E-state index contributed by atoms with van der Waals surface area (Å²) in [4.78, 5) is 0.277. The van der Waals surface area contributed by atoms with Crippen molar-refractivity contribution in [3.8, 4) is 0 Å². The number of ether oxygens (including phenoxy) is 4. The molecular formula is C16H24O6S. The smallest absolute Gasteiger partial charge is 0.207 e. The largest absolute Gasteiger partial charge is 0.382 e. The summed E-state index contributed by atoms with van der Waals surface area (Å²) in [6, 6.07) is 8.35. The van der Waals surface area contributed by atoms with Crippen LogP contribution in [0.15, 0.2) is 35.2 Å². The Labute approximate surface area is 137 Å². The van der Waals surface area contributed by atoms with E-state index in [1.54, 1.807) is 37.4 Å². The summed E-state index contributed by atoms with van der Waals surface area (Å²) < 4.78 is 46.2. The lowest BCUT2D eigenvalue weighted by Gasteiger charge is -2.15. The molecule has 2 rings (SSSR count). The lowest BCUT2D eigenvalue weighted by Crippen LogP contribution is -2.25. The summed E-state index contributed by atoms with van der Waals surface area (Å²) in [6.07, 6.45) is 0.872. The van der Waals surface area contributed by atoms with Crippen molar-refractivity contribution < 1.29 is 27.4 Å². The third kappa shape index (κ3) is 4.99. The Balaban J connectivity index is 1.90. The number of hydrogen-bond donors (Lipinski definition) is 0. The molecule has 0 radical (unpaired) electrons. The Morgan fingerprint density at radius 3 is 2.61 bits per heavy atom. The van der Waals surface area contributed by atoms with E-state index in [1.807, 2.05) is 6.92 Å². The predicted octanol–water partition coefficient (Wildman–Crippen LogP) is 1.99. The lowest BCUT2D eigenvalue weighted by atomic mass is 10.1. The van der Waals surface area contributed by atoms with Crippen LogP contribution in [0.25, 0.3) is 0 Å². The van der Waals surface area contributed by atoms with Crippen LogP contribution in [-0.2, 0) is 28.8 Å². The van der Waals surface area contributed by atoms with E-state index in [9.17, 15) is 8.42 Å². The molecule has 1 fully saturated rings. The van der Waals surface area contributed by atoms with Crippen molar-refractivity contribution in [2.24, 2.45) is 0 Å². The van der Waals surface area contributed by atoms with Crippen LogP contribution in [-0.4, -0.2) is 53.2 Å². The fourth-order valence-corrected chi connectivity index (χ4v) is 3.94. The van der Waals surface area contributed by atoms with Gasteiger partial charge in [-0.2, -0.15) is 0 Å². The average molecular weight is 344 g/mol. The molecule has 0 aromatic heterocycles. The predicted molar refractivity (Wildman–Crippen MR) is 84.8 cm³/mol. The molecule has 0 N–H and O–H groups in total. The minimum Gasteiger partial charge on any atom is -0.382 e. The van der Waals surface area contributed by atoms with Crippen LogP contribution >= 0.6 is 0 Å². The molecule has 1 aliphatic rings. The minimum atomic E-state index is -3.48. The first-order chi connectivity index (χ1) is 11.1. The molecule has 130 valence electrons. The summed E-state index contributed by atoms with van der Waals surface area (Å²) in [5, 5.41) is 0. The van der Waals surface area contributed by atoms with Gasteiger partial charge in [0.05, 0.1) is 24.2 Å². The van der Waals surface area contributed by atoms with Gasteiger partial charge in [0.15, 0.2) is 5.44 Å². The first-order valence-corrected chi connectivity index (χ1v) is 9.28. The maximum Gasteiger partial charge on any atom is 0.207 e. The molecule has 1 aliphatic heterocycles. The Kier molecular flexibility index (Phi) is 6.98. The zero-order chi connectivity index (χ0) is 16.7. The lowest BCUT2D eigenvalue weighted by molar-refractivity contribution is -0.105. The highest BCUT2D eigenvalue weighted by molar-refractivity contribution is 7.92. The molecule has 3 atom stereocenters. The SMILES string of the molecule is CCC[C@H](OCOCCOC)[C@H]1O[C@@H]1S(=O)(=O)c1ccccc1. The molecule has 6 nitrogen and oxygen atoms in total. The molecular weight excluding hydrogens is 320 g/mol. The van der Waals surface area contributed by atoms with Gasteiger partial charge in [0.2, 0.25) is 9.84 Å². The van der Waals surface area contributed by atoms with Gasteiger partial charge in [-0.25, -0.2) is 8.42 Å². The molecule has 7 heteroatoms. The van der Waals surface area contributed by atoms with Gasteiger partial charge >= 0.3 is 0 Å². The van der Waals surface area contributed by atoms with E-state index in [2.05, 4.69) is 0 Å². The standard InChI is InChI=1S/C16H24O6S/c1-3-7-14(21-12-20-11-10-19-2)15-16(22-15)23(17,18)13-8-5-4-6-9-13/h4-6,8-9,14-16H,3,7,10-12H2,1-2H3/t14-,15+,16+/m0/s1. The Morgan fingerprint density at radius 2 is 1.96 bits per heavy atom. The summed E-state index contributed by atoms with van der Waals surface area (Å²) >= 11 is 0. The molecule has 0 spiro atoms. The van der Waals surface area contributed by atoms with Crippen LogP contribution in [0.5, 0.6) is 0 Å². The van der Waals surface area contributed by atoms with Crippen molar-refractivity contribution in [1.82, 2.24) is 0 Å². The quantitative estimate of drug-likeness (QED) is 0.347. The number of methoxy groups -OCH3 is 1. The van der Waals surface area contributed by atoms with Gasteiger partial charge in [-0.05, 0) is 18.6 Å². The minimum absolute atomic E-state index is 0.103. The highest BCUT2D eigenvalue weighted by Gasteiger charge is 2.54. The van der Waals surface area contributed by atoms with Crippen molar-refractivity contribution in [2.75, 3.05) is 27.1 Å². The van der Waals surface area contributed by atoms with Crippen LogP contribution in [0.2, 0.25) is 0 Å². The molecule has 1 saturated heterocycles. The normalized spacial score (nSPS) is 22.0. The molecule has 0 unspecified atom stereocenters.